The average Bonchev–Trinajstić information content (AvgIpc) is 2.83. The summed E-state index contributed by atoms with van der Waals surface area (Å²) in [5.74, 6) is 0.664. The van der Waals surface area contributed by atoms with E-state index >= 15 is 0 Å². The number of hydrogen-bond donors (Lipinski definition) is 1. The predicted molar refractivity (Wildman–Crippen MR) is 76.4 cm³/mol. The van der Waals surface area contributed by atoms with Crippen LogP contribution in [0.4, 0.5) is 5.82 Å². The van der Waals surface area contributed by atoms with Crippen LogP contribution in [0, 0.1) is 0 Å². The number of anilines is 1. The van der Waals surface area contributed by atoms with Crippen molar-refractivity contribution in [3.05, 3.63) is 23.9 Å². The summed E-state index contributed by atoms with van der Waals surface area (Å²) in [7, 11) is 5.77. The molecule has 0 aliphatic carbocycles. The zero-order valence-corrected chi connectivity index (χ0v) is 11.9. The van der Waals surface area contributed by atoms with Crippen molar-refractivity contribution in [2.45, 2.75) is 18.9 Å². The van der Waals surface area contributed by atoms with E-state index in [-0.39, 0.29) is 5.91 Å². The fourth-order valence-electron chi connectivity index (χ4n) is 2.59. The number of nitrogens with zero attached hydrogens (tertiary/aromatic N) is 3. The van der Waals surface area contributed by atoms with E-state index < -0.39 is 0 Å². The highest BCUT2D eigenvalue weighted by Crippen LogP contribution is 2.18. The number of likely N-dealkylation sites (N-methyl/N-ethyl adjacent to an activating group) is 2. The van der Waals surface area contributed by atoms with Gasteiger partial charge in [-0.25, -0.2) is 4.98 Å². The summed E-state index contributed by atoms with van der Waals surface area (Å²) in [6, 6.07) is 4.09. The van der Waals surface area contributed by atoms with Crippen molar-refractivity contribution < 1.29 is 4.79 Å². The van der Waals surface area contributed by atoms with Gasteiger partial charge in [-0.3, -0.25) is 4.79 Å². The van der Waals surface area contributed by atoms with Gasteiger partial charge < -0.3 is 15.1 Å². The molecule has 2 rings (SSSR count). The van der Waals surface area contributed by atoms with E-state index in [1.54, 1.807) is 24.2 Å². The molecule has 1 aliphatic rings. The molecular formula is C14H22N4O. The molecule has 0 spiro atoms. The largest absolute Gasteiger partial charge is 0.372 e. The summed E-state index contributed by atoms with van der Waals surface area (Å²) in [5, 5.41) is 2.96. The fourth-order valence-corrected chi connectivity index (χ4v) is 2.59. The highest BCUT2D eigenvalue weighted by Gasteiger charge is 2.25. The molecule has 0 saturated carbocycles. The molecule has 1 amide bonds. The lowest BCUT2D eigenvalue weighted by atomic mass is 10.2. The lowest BCUT2D eigenvalue weighted by Crippen LogP contribution is -2.39. The minimum atomic E-state index is 0.0257. The SMILES string of the molecule is CNc1ncccc1C(=O)N(C)CC1CCCN1C. The van der Waals surface area contributed by atoms with Crippen molar-refractivity contribution in [2.24, 2.45) is 0 Å². The van der Waals surface area contributed by atoms with Crippen LogP contribution in [0.3, 0.4) is 0 Å². The van der Waals surface area contributed by atoms with Crippen LogP contribution in [0.25, 0.3) is 0 Å². The third-order valence-corrected chi connectivity index (χ3v) is 3.78. The molecule has 19 heavy (non-hydrogen) atoms. The molecule has 5 nitrogen and oxygen atoms in total. The number of likely N-dealkylation sites (tertiary alicyclic amines) is 1. The molecule has 1 atom stereocenters. The number of pyridine rings is 1. The summed E-state index contributed by atoms with van der Waals surface area (Å²) in [4.78, 5) is 20.7. The van der Waals surface area contributed by atoms with Crippen molar-refractivity contribution in [3.8, 4) is 0 Å². The molecule has 1 aliphatic heterocycles. The number of amides is 1. The molecule has 104 valence electrons. The maximum Gasteiger partial charge on any atom is 0.257 e. The molecule has 1 saturated heterocycles. The van der Waals surface area contributed by atoms with Gasteiger partial charge in [0.1, 0.15) is 5.82 Å². The van der Waals surface area contributed by atoms with Gasteiger partial charge in [0.15, 0.2) is 0 Å². The van der Waals surface area contributed by atoms with Gasteiger partial charge in [-0.05, 0) is 38.6 Å². The van der Waals surface area contributed by atoms with E-state index in [1.807, 2.05) is 13.1 Å². The van der Waals surface area contributed by atoms with Gasteiger partial charge in [0, 0.05) is 32.9 Å². The van der Waals surface area contributed by atoms with Gasteiger partial charge in [-0.15, -0.1) is 0 Å². The molecule has 1 aromatic heterocycles. The van der Waals surface area contributed by atoms with Gasteiger partial charge in [-0.1, -0.05) is 0 Å². The molecular weight excluding hydrogens is 240 g/mol. The second kappa shape index (κ2) is 6.02. The Bertz CT molecular complexity index is 449. The molecule has 0 bridgehead atoms. The Labute approximate surface area is 114 Å². The van der Waals surface area contributed by atoms with Crippen LogP contribution in [0.5, 0.6) is 0 Å². The quantitative estimate of drug-likeness (QED) is 0.888. The molecule has 2 heterocycles. The van der Waals surface area contributed by atoms with Crippen LogP contribution in [-0.2, 0) is 0 Å². The second-order valence-electron chi connectivity index (χ2n) is 5.11. The fraction of sp³-hybridized carbons (Fsp3) is 0.571. The Balaban J connectivity index is 2.06. The first-order valence-corrected chi connectivity index (χ1v) is 6.72. The highest BCUT2D eigenvalue weighted by atomic mass is 16.2. The number of hydrogen-bond acceptors (Lipinski definition) is 4. The van der Waals surface area contributed by atoms with Gasteiger partial charge in [0.25, 0.3) is 5.91 Å². The van der Waals surface area contributed by atoms with Crippen molar-refractivity contribution in [2.75, 3.05) is 39.5 Å². The maximum absolute atomic E-state index is 12.4. The van der Waals surface area contributed by atoms with Gasteiger partial charge in [0.05, 0.1) is 5.56 Å². The smallest absolute Gasteiger partial charge is 0.257 e. The summed E-state index contributed by atoms with van der Waals surface area (Å²) in [5.41, 5.74) is 0.633. The highest BCUT2D eigenvalue weighted by molar-refractivity contribution is 5.98. The average molecular weight is 262 g/mol. The van der Waals surface area contributed by atoms with E-state index in [0.29, 0.717) is 17.4 Å². The normalized spacial score (nSPS) is 19.4. The van der Waals surface area contributed by atoms with E-state index in [1.165, 1.54) is 12.8 Å². The third-order valence-electron chi connectivity index (χ3n) is 3.78. The Kier molecular flexibility index (Phi) is 4.37. The standard InChI is InChI=1S/C14H22N4O/c1-15-13-12(7-4-8-16-13)14(19)18(3)10-11-6-5-9-17(11)2/h4,7-8,11H,5-6,9-10H2,1-3H3,(H,15,16). The van der Waals surface area contributed by atoms with E-state index in [0.717, 1.165) is 13.1 Å². The van der Waals surface area contributed by atoms with Gasteiger partial charge in [0.2, 0.25) is 0 Å². The monoisotopic (exact) mass is 262 g/mol. The number of carbonyl (C=O) groups excluding carboxylic acids is 1. The van der Waals surface area contributed by atoms with Gasteiger partial charge >= 0.3 is 0 Å². The Morgan fingerprint density at radius 3 is 3.05 bits per heavy atom. The minimum absolute atomic E-state index is 0.0257. The lowest BCUT2D eigenvalue weighted by molar-refractivity contribution is 0.0762. The van der Waals surface area contributed by atoms with E-state index in [2.05, 4.69) is 22.2 Å². The lowest BCUT2D eigenvalue weighted by Gasteiger charge is -2.26. The summed E-state index contributed by atoms with van der Waals surface area (Å²) in [6.45, 7) is 1.90. The number of carbonyl (C=O) groups is 1. The van der Waals surface area contributed by atoms with Gasteiger partial charge in [-0.2, -0.15) is 0 Å². The molecule has 1 unspecified atom stereocenters. The predicted octanol–water partition coefficient (Wildman–Crippen LogP) is 1.29. The molecule has 1 aromatic rings. The zero-order valence-electron chi connectivity index (χ0n) is 11.9. The summed E-state index contributed by atoms with van der Waals surface area (Å²) >= 11 is 0. The van der Waals surface area contributed by atoms with E-state index in [9.17, 15) is 4.79 Å². The first-order valence-electron chi connectivity index (χ1n) is 6.72. The van der Waals surface area contributed by atoms with Crippen LogP contribution >= 0.6 is 0 Å². The van der Waals surface area contributed by atoms with Crippen LogP contribution in [0.1, 0.15) is 23.2 Å². The number of aromatic nitrogens is 1. The summed E-state index contributed by atoms with van der Waals surface area (Å²) in [6.07, 6.45) is 4.07. The molecule has 1 N–H and O–H groups in total. The first-order chi connectivity index (χ1) is 9.13. The first kappa shape index (κ1) is 13.8. The van der Waals surface area contributed by atoms with Crippen LogP contribution in [-0.4, -0.2) is 61.0 Å². The topological polar surface area (TPSA) is 48.5 Å². The molecule has 1 fully saturated rings. The Morgan fingerprint density at radius 1 is 1.63 bits per heavy atom. The Hall–Kier alpha value is -1.62. The zero-order chi connectivity index (χ0) is 13.8. The maximum atomic E-state index is 12.4. The third kappa shape index (κ3) is 3.04. The van der Waals surface area contributed by atoms with Crippen molar-refractivity contribution in [1.29, 1.82) is 0 Å². The number of nitrogens with one attached hydrogen (secondary N) is 1. The van der Waals surface area contributed by atoms with Crippen LogP contribution in [0.2, 0.25) is 0 Å². The Morgan fingerprint density at radius 2 is 2.42 bits per heavy atom. The molecule has 0 radical (unpaired) electrons. The molecule has 5 heteroatoms. The molecule has 0 aromatic carbocycles. The van der Waals surface area contributed by atoms with Crippen molar-refractivity contribution in [1.82, 2.24) is 14.8 Å². The number of rotatable bonds is 4. The van der Waals surface area contributed by atoms with Crippen LogP contribution in [0.15, 0.2) is 18.3 Å². The second-order valence-corrected chi connectivity index (χ2v) is 5.11. The van der Waals surface area contributed by atoms with Crippen molar-refractivity contribution >= 4 is 11.7 Å². The van der Waals surface area contributed by atoms with Crippen LogP contribution < -0.4 is 5.32 Å². The minimum Gasteiger partial charge on any atom is -0.372 e. The summed E-state index contributed by atoms with van der Waals surface area (Å²) < 4.78 is 0. The van der Waals surface area contributed by atoms with Crippen molar-refractivity contribution in [3.63, 3.8) is 0 Å². The van der Waals surface area contributed by atoms with E-state index in [4.69, 9.17) is 0 Å².